The quantitative estimate of drug-likeness (QED) is 0.717. The largest absolute Gasteiger partial charge is 0.497 e. The SMILES string of the molecule is COc1cccc(N2CCC(CNC(=O)NC(C)c3cccc(C(F)(F)F)c3)C2)c1. The van der Waals surface area contributed by atoms with Crippen LogP contribution in [0.25, 0.3) is 0 Å². The van der Waals surface area contributed by atoms with Crippen LogP contribution in [0.1, 0.15) is 30.5 Å². The van der Waals surface area contributed by atoms with Crippen molar-refractivity contribution in [2.24, 2.45) is 5.92 Å². The lowest BCUT2D eigenvalue weighted by Gasteiger charge is -2.20. The highest BCUT2D eigenvalue weighted by Gasteiger charge is 2.31. The Morgan fingerprint density at radius 1 is 1.23 bits per heavy atom. The van der Waals surface area contributed by atoms with E-state index in [0.717, 1.165) is 43.1 Å². The third-order valence-electron chi connectivity index (χ3n) is 5.32. The summed E-state index contributed by atoms with van der Waals surface area (Å²) in [5, 5.41) is 5.55. The molecule has 2 aromatic rings. The molecule has 2 N–H and O–H groups in total. The number of rotatable bonds is 6. The van der Waals surface area contributed by atoms with Gasteiger partial charge < -0.3 is 20.3 Å². The molecule has 1 aliphatic rings. The summed E-state index contributed by atoms with van der Waals surface area (Å²) in [5.41, 5.74) is 0.766. The van der Waals surface area contributed by atoms with Crippen LogP contribution in [0.4, 0.5) is 23.7 Å². The first-order valence-corrected chi connectivity index (χ1v) is 9.87. The molecule has 0 saturated carbocycles. The van der Waals surface area contributed by atoms with Crippen LogP contribution in [0.15, 0.2) is 48.5 Å². The molecule has 30 heavy (non-hydrogen) atoms. The Kier molecular flexibility index (Phi) is 6.74. The number of amides is 2. The van der Waals surface area contributed by atoms with Gasteiger partial charge in [0.15, 0.2) is 0 Å². The van der Waals surface area contributed by atoms with Crippen molar-refractivity contribution < 1.29 is 22.7 Å². The standard InChI is InChI=1S/C22H26F3N3O2/c1-15(17-5-3-6-18(11-17)22(23,24)25)27-21(29)26-13-16-9-10-28(14-16)19-7-4-8-20(12-19)30-2/h3-8,11-12,15-16H,9-10,13-14H2,1-2H3,(H2,26,27,29). The second kappa shape index (κ2) is 9.28. The molecule has 0 aromatic heterocycles. The molecule has 2 aromatic carbocycles. The summed E-state index contributed by atoms with van der Waals surface area (Å²) >= 11 is 0. The molecule has 1 heterocycles. The fraction of sp³-hybridized carbons (Fsp3) is 0.409. The lowest BCUT2D eigenvalue weighted by atomic mass is 10.1. The Bertz CT molecular complexity index is 873. The van der Waals surface area contributed by atoms with Crippen LogP contribution in [-0.2, 0) is 6.18 Å². The molecule has 0 spiro atoms. The second-order valence-electron chi connectivity index (χ2n) is 7.50. The highest BCUT2D eigenvalue weighted by molar-refractivity contribution is 5.74. The first kappa shape index (κ1) is 21.8. The summed E-state index contributed by atoms with van der Waals surface area (Å²) in [5.74, 6) is 1.10. The van der Waals surface area contributed by atoms with Gasteiger partial charge in [-0.05, 0) is 49.1 Å². The second-order valence-corrected chi connectivity index (χ2v) is 7.50. The van der Waals surface area contributed by atoms with Gasteiger partial charge in [-0.25, -0.2) is 4.79 Å². The average Bonchev–Trinajstić information content (AvgIpc) is 3.21. The molecular weight excluding hydrogens is 395 g/mol. The smallest absolute Gasteiger partial charge is 0.416 e. The third kappa shape index (κ3) is 5.58. The van der Waals surface area contributed by atoms with Gasteiger partial charge in [-0.15, -0.1) is 0 Å². The van der Waals surface area contributed by atoms with Crippen molar-refractivity contribution in [1.82, 2.24) is 10.6 Å². The van der Waals surface area contributed by atoms with Crippen molar-refractivity contribution in [2.45, 2.75) is 25.6 Å². The number of alkyl halides is 3. The molecule has 1 fully saturated rings. The summed E-state index contributed by atoms with van der Waals surface area (Å²) in [4.78, 5) is 14.5. The Balaban J connectivity index is 1.48. The molecule has 2 unspecified atom stereocenters. The van der Waals surface area contributed by atoms with Gasteiger partial charge in [0.2, 0.25) is 0 Å². The zero-order valence-electron chi connectivity index (χ0n) is 17.0. The van der Waals surface area contributed by atoms with Crippen LogP contribution in [-0.4, -0.2) is 32.8 Å². The van der Waals surface area contributed by atoms with Gasteiger partial charge in [0.25, 0.3) is 0 Å². The Morgan fingerprint density at radius 2 is 2.00 bits per heavy atom. The fourth-order valence-electron chi connectivity index (χ4n) is 3.59. The van der Waals surface area contributed by atoms with Gasteiger partial charge in [0.05, 0.1) is 18.7 Å². The van der Waals surface area contributed by atoms with Gasteiger partial charge >= 0.3 is 12.2 Å². The lowest BCUT2D eigenvalue weighted by molar-refractivity contribution is -0.137. The average molecular weight is 421 g/mol. The van der Waals surface area contributed by atoms with Crippen LogP contribution in [0.3, 0.4) is 0 Å². The number of benzene rings is 2. The van der Waals surface area contributed by atoms with Crippen molar-refractivity contribution in [3.63, 3.8) is 0 Å². The van der Waals surface area contributed by atoms with Crippen LogP contribution in [0, 0.1) is 5.92 Å². The van der Waals surface area contributed by atoms with Gasteiger partial charge in [0.1, 0.15) is 5.75 Å². The molecule has 1 saturated heterocycles. The van der Waals surface area contributed by atoms with Gasteiger partial charge in [-0.2, -0.15) is 13.2 Å². The number of methoxy groups -OCH3 is 1. The topological polar surface area (TPSA) is 53.6 Å². The summed E-state index contributed by atoms with van der Waals surface area (Å²) < 4.78 is 43.9. The van der Waals surface area contributed by atoms with Crippen LogP contribution < -0.4 is 20.3 Å². The van der Waals surface area contributed by atoms with E-state index in [-0.39, 0.29) is 6.03 Å². The number of ether oxygens (including phenoxy) is 1. The Labute approximate surface area is 174 Å². The van der Waals surface area contributed by atoms with Crippen LogP contribution >= 0.6 is 0 Å². The maximum atomic E-state index is 12.9. The number of nitrogens with one attached hydrogen (secondary N) is 2. The zero-order chi connectivity index (χ0) is 21.7. The van der Waals surface area contributed by atoms with Gasteiger partial charge in [-0.1, -0.05) is 18.2 Å². The number of hydrogen-bond donors (Lipinski definition) is 2. The summed E-state index contributed by atoms with van der Waals surface area (Å²) in [6.45, 7) is 3.87. The summed E-state index contributed by atoms with van der Waals surface area (Å²) in [6.07, 6.45) is -3.46. The minimum atomic E-state index is -4.41. The van der Waals surface area contributed by atoms with Crippen LogP contribution in [0.5, 0.6) is 5.75 Å². The first-order valence-electron chi connectivity index (χ1n) is 9.87. The monoisotopic (exact) mass is 421 g/mol. The van der Waals surface area contributed by atoms with E-state index in [1.807, 2.05) is 24.3 Å². The fourth-order valence-corrected chi connectivity index (χ4v) is 3.59. The lowest BCUT2D eigenvalue weighted by Crippen LogP contribution is -2.40. The van der Waals surface area contributed by atoms with E-state index in [9.17, 15) is 18.0 Å². The van der Waals surface area contributed by atoms with E-state index in [4.69, 9.17) is 4.74 Å². The number of anilines is 1. The molecule has 5 nitrogen and oxygen atoms in total. The van der Waals surface area contributed by atoms with Gasteiger partial charge in [0, 0.05) is 31.4 Å². The maximum Gasteiger partial charge on any atom is 0.416 e. The molecule has 2 atom stereocenters. The molecular formula is C22H26F3N3O2. The Hall–Kier alpha value is -2.90. The molecule has 1 aliphatic heterocycles. The summed E-state index contributed by atoms with van der Waals surface area (Å²) in [7, 11) is 1.63. The van der Waals surface area contributed by atoms with Gasteiger partial charge in [-0.3, -0.25) is 0 Å². The molecule has 2 amide bonds. The highest BCUT2D eigenvalue weighted by atomic mass is 19.4. The number of carbonyl (C=O) groups excluding carboxylic acids is 1. The van der Waals surface area contributed by atoms with E-state index in [2.05, 4.69) is 15.5 Å². The minimum absolute atomic E-state index is 0.297. The number of hydrogen-bond acceptors (Lipinski definition) is 3. The molecule has 0 radical (unpaired) electrons. The molecule has 0 bridgehead atoms. The van der Waals surface area contributed by atoms with E-state index in [1.54, 1.807) is 20.1 Å². The number of nitrogens with zero attached hydrogens (tertiary/aromatic N) is 1. The molecule has 0 aliphatic carbocycles. The minimum Gasteiger partial charge on any atom is -0.497 e. The van der Waals surface area contributed by atoms with E-state index >= 15 is 0 Å². The third-order valence-corrected chi connectivity index (χ3v) is 5.32. The van der Waals surface area contributed by atoms with E-state index < -0.39 is 17.8 Å². The molecule has 162 valence electrons. The highest BCUT2D eigenvalue weighted by Crippen LogP contribution is 2.31. The van der Waals surface area contributed by atoms with Crippen molar-refractivity contribution >= 4 is 11.7 Å². The van der Waals surface area contributed by atoms with E-state index in [0.29, 0.717) is 18.0 Å². The van der Waals surface area contributed by atoms with Crippen molar-refractivity contribution in [3.8, 4) is 5.75 Å². The number of halogens is 3. The predicted molar refractivity (Wildman–Crippen MR) is 110 cm³/mol. The van der Waals surface area contributed by atoms with Crippen molar-refractivity contribution in [3.05, 3.63) is 59.7 Å². The predicted octanol–water partition coefficient (Wildman–Crippen LogP) is 4.60. The summed E-state index contributed by atoms with van der Waals surface area (Å²) in [6, 6.07) is 11.9. The van der Waals surface area contributed by atoms with E-state index in [1.165, 1.54) is 6.07 Å². The number of carbonyl (C=O) groups is 1. The molecule has 8 heteroatoms. The maximum absolute atomic E-state index is 12.9. The zero-order valence-corrected chi connectivity index (χ0v) is 17.0. The number of urea groups is 1. The van der Waals surface area contributed by atoms with Crippen LogP contribution in [0.2, 0.25) is 0 Å². The van der Waals surface area contributed by atoms with Crippen molar-refractivity contribution in [1.29, 1.82) is 0 Å². The Morgan fingerprint density at radius 3 is 2.73 bits per heavy atom. The van der Waals surface area contributed by atoms with Crippen molar-refractivity contribution in [2.75, 3.05) is 31.6 Å². The molecule has 3 rings (SSSR count). The normalized spacial score (nSPS) is 17.5. The first-order chi connectivity index (χ1) is 14.3.